The van der Waals surface area contributed by atoms with E-state index in [2.05, 4.69) is 22.4 Å². The second-order valence-corrected chi connectivity index (χ2v) is 7.31. The van der Waals surface area contributed by atoms with E-state index in [1.54, 1.807) is 34.9 Å². The predicted molar refractivity (Wildman–Crippen MR) is 85.7 cm³/mol. The van der Waals surface area contributed by atoms with E-state index in [0.717, 1.165) is 33.8 Å². The molecule has 1 aromatic heterocycles. The lowest BCUT2D eigenvalue weighted by Crippen LogP contribution is -2.39. The van der Waals surface area contributed by atoms with Crippen molar-refractivity contribution in [1.82, 2.24) is 15.5 Å². The highest BCUT2D eigenvalue weighted by molar-refractivity contribution is 8.02. The maximum absolute atomic E-state index is 11.8. The molecule has 0 radical (unpaired) electrons. The first-order chi connectivity index (χ1) is 9.71. The van der Waals surface area contributed by atoms with Gasteiger partial charge in [-0.15, -0.1) is 10.2 Å². The fourth-order valence-electron chi connectivity index (χ4n) is 1.47. The number of carbonyl (C=O) groups excluding carboxylic acids is 1. The van der Waals surface area contributed by atoms with Crippen LogP contribution in [-0.4, -0.2) is 47.4 Å². The average Bonchev–Trinajstić information content (AvgIpc) is 2.90. The van der Waals surface area contributed by atoms with Crippen molar-refractivity contribution in [1.29, 1.82) is 0 Å². The molecule has 0 spiro atoms. The van der Waals surface area contributed by atoms with E-state index in [0.29, 0.717) is 6.61 Å². The summed E-state index contributed by atoms with van der Waals surface area (Å²) in [4.78, 5) is 11.8. The molecule has 1 atom stereocenters. The molecule has 20 heavy (non-hydrogen) atoms. The SMILES string of the molecule is CCCNC(CCSc1nnc(SC)s1)C(=O)OCC. The molecule has 0 bridgehead atoms. The van der Waals surface area contributed by atoms with Crippen molar-refractivity contribution in [3.05, 3.63) is 0 Å². The van der Waals surface area contributed by atoms with Gasteiger partial charge in [-0.05, 0) is 32.6 Å². The summed E-state index contributed by atoms with van der Waals surface area (Å²) < 4.78 is 7.01. The lowest BCUT2D eigenvalue weighted by molar-refractivity contribution is -0.145. The van der Waals surface area contributed by atoms with Crippen LogP contribution in [0.4, 0.5) is 0 Å². The Balaban J connectivity index is 2.38. The molecule has 8 heteroatoms. The molecule has 0 aliphatic carbocycles. The summed E-state index contributed by atoms with van der Waals surface area (Å²) >= 11 is 4.82. The molecule has 0 aromatic carbocycles. The van der Waals surface area contributed by atoms with Crippen molar-refractivity contribution in [3.63, 3.8) is 0 Å². The van der Waals surface area contributed by atoms with Crippen LogP contribution in [0, 0.1) is 0 Å². The van der Waals surface area contributed by atoms with Crippen LogP contribution in [0.25, 0.3) is 0 Å². The minimum atomic E-state index is -0.227. The highest BCUT2D eigenvalue weighted by Crippen LogP contribution is 2.27. The molecule has 0 aliphatic heterocycles. The van der Waals surface area contributed by atoms with Crippen LogP contribution in [0.15, 0.2) is 8.68 Å². The predicted octanol–water partition coefficient (Wildman–Crippen LogP) is 2.67. The maximum atomic E-state index is 11.8. The molecule has 0 amide bonds. The third-order valence-electron chi connectivity index (χ3n) is 2.41. The fraction of sp³-hybridized carbons (Fsp3) is 0.750. The van der Waals surface area contributed by atoms with Gasteiger partial charge in [0.15, 0.2) is 8.68 Å². The van der Waals surface area contributed by atoms with Crippen LogP contribution in [-0.2, 0) is 9.53 Å². The van der Waals surface area contributed by atoms with Gasteiger partial charge in [-0.25, -0.2) is 0 Å². The Morgan fingerprint density at radius 1 is 1.40 bits per heavy atom. The van der Waals surface area contributed by atoms with Crippen molar-refractivity contribution >= 4 is 40.8 Å². The molecule has 1 rings (SSSR count). The normalized spacial score (nSPS) is 12.3. The molecular formula is C12H21N3O2S3. The summed E-state index contributed by atoms with van der Waals surface area (Å²) in [5, 5.41) is 11.4. The highest BCUT2D eigenvalue weighted by Gasteiger charge is 2.18. The molecule has 1 N–H and O–H groups in total. The van der Waals surface area contributed by atoms with Gasteiger partial charge in [0.1, 0.15) is 6.04 Å². The molecule has 0 fully saturated rings. The summed E-state index contributed by atoms with van der Waals surface area (Å²) in [6.45, 7) is 5.15. The molecule has 0 saturated carbocycles. The van der Waals surface area contributed by atoms with Crippen LogP contribution < -0.4 is 5.32 Å². The van der Waals surface area contributed by atoms with Crippen LogP contribution in [0.5, 0.6) is 0 Å². The van der Waals surface area contributed by atoms with Crippen LogP contribution >= 0.6 is 34.9 Å². The summed E-state index contributed by atoms with van der Waals surface area (Å²) in [5.41, 5.74) is 0. The molecule has 0 saturated heterocycles. The summed E-state index contributed by atoms with van der Waals surface area (Å²) in [6, 6.07) is -0.227. The maximum Gasteiger partial charge on any atom is 0.323 e. The number of esters is 1. The van der Waals surface area contributed by atoms with Gasteiger partial charge in [0.2, 0.25) is 0 Å². The number of nitrogens with one attached hydrogen (secondary N) is 1. The third-order valence-corrected chi connectivity index (χ3v) is 5.47. The number of rotatable bonds is 10. The Hall–Kier alpha value is -0.310. The monoisotopic (exact) mass is 335 g/mol. The van der Waals surface area contributed by atoms with Crippen LogP contribution in [0.1, 0.15) is 26.7 Å². The number of hydrogen-bond acceptors (Lipinski definition) is 8. The van der Waals surface area contributed by atoms with Crippen molar-refractivity contribution in [2.45, 2.75) is 41.4 Å². The van der Waals surface area contributed by atoms with Crippen molar-refractivity contribution in [3.8, 4) is 0 Å². The first-order valence-corrected chi connectivity index (χ1v) is 9.64. The van der Waals surface area contributed by atoms with E-state index in [4.69, 9.17) is 4.74 Å². The van der Waals surface area contributed by atoms with Gasteiger partial charge >= 0.3 is 5.97 Å². The van der Waals surface area contributed by atoms with Crippen molar-refractivity contribution in [2.24, 2.45) is 0 Å². The van der Waals surface area contributed by atoms with Crippen molar-refractivity contribution in [2.75, 3.05) is 25.2 Å². The van der Waals surface area contributed by atoms with Gasteiger partial charge in [-0.3, -0.25) is 4.79 Å². The smallest absolute Gasteiger partial charge is 0.323 e. The minimum Gasteiger partial charge on any atom is -0.465 e. The lowest BCUT2D eigenvalue weighted by Gasteiger charge is -2.16. The summed E-state index contributed by atoms with van der Waals surface area (Å²) in [6.07, 6.45) is 3.72. The van der Waals surface area contributed by atoms with E-state index in [1.807, 2.05) is 13.2 Å². The molecule has 1 unspecified atom stereocenters. The number of thioether (sulfide) groups is 2. The Bertz CT molecular complexity index is 401. The van der Waals surface area contributed by atoms with Gasteiger partial charge in [0, 0.05) is 5.75 Å². The molecule has 1 aromatic rings. The largest absolute Gasteiger partial charge is 0.465 e. The van der Waals surface area contributed by atoms with Gasteiger partial charge in [-0.1, -0.05) is 41.8 Å². The lowest BCUT2D eigenvalue weighted by atomic mass is 10.2. The standard InChI is InChI=1S/C12H21N3O2S3/c1-4-7-13-9(10(16)17-5-2)6-8-19-12-15-14-11(18-3)20-12/h9,13H,4-8H2,1-3H3. The molecule has 5 nitrogen and oxygen atoms in total. The van der Waals surface area contributed by atoms with Crippen LogP contribution in [0.2, 0.25) is 0 Å². The second kappa shape index (κ2) is 10.4. The third kappa shape index (κ3) is 6.43. The second-order valence-electron chi connectivity index (χ2n) is 3.93. The van der Waals surface area contributed by atoms with E-state index < -0.39 is 0 Å². The summed E-state index contributed by atoms with van der Waals surface area (Å²) in [7, 11) is 0. The number of nitrogens with zero attached hydrogens (tertiary/aromatic N) is 2. The zero-order chi connectivity index (χ0) is 14.8. The zero-order valence-electron chi connectivity index (χ0n) is 12.0. The Morgan fingerprint density at radius 3 is 2.75 bits per heavy atom. The Morgan fingerprint density at radius 2 is 2.15 bits per heavy atom. The average molecular weight is 336 g/mol. The first kappa shape index (κ1) is 17.7. The zero-order valence-corrected chi connectivity index (χ0v) is 14.5. The number of ether oxygens (including phenoxy) is 1. The van der Waals surface area contributed by atoms with E-state index in [-0.39, 0.29) is 12.0 Å². The quantitative estimate of drug-likeness (QED) is 0.521. The Kier molecular flexibility index (Phi) is 9.24. The Labute approximate surface area is 132 Å². The summed E-state index contributed by atoms with van der Waals surface area (Å²) in [5.74, 6) is 0.659. The topological polar surface area (TPSA) is 64.1 Å². The molecule has 1 heterocycles. The highest BCUT2D eigenvalue weighted by atomic mass is 32.2. The first-order valence-electron chi connectivity index (χ1n) is 6.61. The number of carbonyl (C=O) groups is 1. The molecular weight excluding hydrogens is 314 g/mol. The van der Waals surface area contributed by atoms with Gasteiger partial charge in [0.25, 0.3) is 0 Å². The van der Waals surface area contributed by atoms with Gasteiger partial charge < -0.3 is 10.1 Å². The number of hydrogen-bond donors (Lipinski definition) is 1. The van der Waals surface area contributed by atoms with E-state index >= 15 is 0 Å². The molecule has 114 valence electrons. The van der Waals surface area contributed by atoms with E-state index in [9.17, 15) is 4.79 Å². The van der Waals surface area contributed by atoms with Crippen molar-refractivity contribution < 1.29 is 9.53 Å². The van der Waals surface area contributed by atoms with Gasteiger partial charge in [-0.2, -0.15) is 0 Å². The molecule has 0 aliphatic rings. The van der Waals surface area contributed by atoms with Crippen LogP contribution in [0.3, 0.4) is 0 Å². The van der Waals surface area contributed by atoms with Gasteiger partial charge in [0.05, 0.1) is 6.61 Å². The minimum absolute atomic E-state index is 0.163. The fourth-order valence-corrected chi connectivity index (χ4v) is 3.98. The number of aromatic nitrogens is 2. The van der Waals surface area contributed by atoms with E-state index in [1.165, 1.54) is 0 Å².